The molecule has 110 valence electrons. The van der Waals surface area contributed by atoms with Crippen molar-refractivity contribution in [3.8, 4) is 0 Å². The highest BCUT2D eigenvalue weighted by molar-refractivity contribution is 5.68. The van der Waals surface area contributed by atoms with Crippen LogP contribution in [0.15, 0.2) is 18.3 Å². The number of anilines is 1. The van der Waals surface area contributed by atoms with Crippen molar-refractivity contribution >= 4 is 11.9 Å². The van der Waals surface area contributed by atoms with Crippen molar-refractivity contribution in [2.75, 3.05) is 18.8 Å². The second kappa shape index (κ2) is 5.69. The molecule has 2 N–H and O–H groups in total. The number of rotatable bonds is 1. The first-order valence-corrected chi connectivity index (χ1v) is 7.05. The average Bonchev–Trinajstić information content (AvgIpc) is 2.37. The summed E-state index contributed by atoms with van der Waals surface area (Å²) in [4.78, 5) is 17.9. The number of nitrogens with two attached hydrogens (primary N) is 1. The van der Waals surface area contributed by atoms with Crippen LogP contribution in [0.4, 0.5) is 10.6 Å². The van der Waals surface area contributed by atoms with Gasteiger partial charge < -0.3 is 15.4 Å². The molecule has 20 heavy (non-hydrogen) atoms. The molecule has 0 spiro atoms. The molecule has 5 heteroatoms. The number of aromatic nitrogens is 1. The van der Waals surface area contributed by atoms with E-state index >= 15 is 0 Å². The Kier molecular flexibility index (Phi) is 4.16. The number of carbonyl (C=O) groups is 1. The summed E-state index contributed by atoms with van der Waals surface area (Å²) in [5.41, 5.74) is 6.56. The minimum absolute atomic E-state index is 0.227. The lowest BCUT2D eigenvalue weighted by Gasteiger charge is -2.33. The van der Waals surface area contributed by atoms with Crippen molar-refractivity contribution in [2.45, 2.75) is 45.1 Å². The number of likely N-dealkylation sites (tertiary alicyclic amines) is 1. The molecule has 0 aromatic carbocycles. The van der Waals surface area contributed by atoms with Gasteiger partial charge in [-0.1, -0.05) is 6.07 Å². The maximum absolute atomic E-state index is 12.0. The number of piperidine rings is 1. The maximum Gasteiger partial charge on any atom is 0.410 e. The smallest absolute Gasteiger partial charge is 0.410 e. The van der Waals surface area contributed by atoms with Gasteiger partial charge in [-0.05, 0) is 51.2 Å². The molecule has 0 saturated carbocycles. The fraction of sp³-hybridized carbons (Fsp3) is 0.600. The largest absolute Gasteiger partial charge is 0.444 e. The average molecular weight is 277 g/mol. The van der Waals surface area contributed by atoms with Gasteiger partial charge in [0.2, 0.25) is 0 Å². The Balaban J connectivity index is 1.93. The third kappa shape index (κ3) is 3.62. The summed E-state index contributed by atoms with van der Waals surface area (Å²) in [7, 11) is 0. The van der Waals surface area contributed by atoms with Gasteiger partial charge in [0.15, 0.2) is 0 Å². The molecule has 1 amide bonds. The van der Waals surface area contributed by atoms with E-state index in [2.05, 4.69) is 4.98 Å². The second-order valence-electron chi connectivity index (χ2n) is 6.22. The first-order chi connectivity index (χ1) is 9.37. The van der Waals surface area contributed by atoms with Crippen LogP contribution in [0.3, 0.4) is 0 Å². The monoisotopic (exact) mass is 277 g/mol. The van der Waals surface area contributed by atoms with E-state index in [-0.39, 0.29) is 6.09 Å². The topological polar surface area (TPSA) is 68.5 Å². The van der Waals surface area contributed by atoms with E-state index in [0.29, 0.717) is 24.8 Å². The Bertz CT molecular complexity index is 474. The normalized spacial score (nSPS) is 17.1. The molecule has 2 rings (SSSR count). The molecule has 2 heterocycles. The van der Waals surface area contributed by atoms with Gasteiger partial charge in [0.05, 0.1) is 0 Å². The molecule has 0 aliphatic carbocycles. The molecule has 1 saturated heterocycles. The van der Waals surface area contributed by atoms with E-state index in [4.69, 9.17) is 10.5 Å². The number of nitrogens with zero attached hydrogens (tertiary/aromatic N) is 2. The Morgan fingerprint density at radius 2 is 2.05 bits per heavy atom. The van der Waals surface area contributed by atoms with Gasteiger partial charge in [-0.15, -0.1) is 0 Å². The zero-order valence-electron chi connectivity index (χ0n) is 12.4. The van der Waals surface area contributed by atoms with E-state index < -0.39 is 5.60 Å². The van der Waals surface area contributed by atoms with Gasteiger partial charge in [-0.3, -0.25) is 0 Å². The molecule has 0 atom stereocenters. The molecule has 0 unspecified atom stereocenters. The van der Waals surface area contributed by atoms with E-state index in [1.807, 2.05) is 32.9 Å². The minimum Gasteiger partial charge on any atom is -0.444 e. The van der Waals surface area contributed by atoms with Crippen molar-refractivity contribution in [3.63, 3.8) is 0 Å². The molecule has 0 bridgehead atoms. The number of nitrogen functional groups attached to an aromatic ring is 1. The third-order valence-corrected chi connectivity index (χ3v) is 3.46. The predicted octanol–water partition coefficient (Wildman–Crippen LogP) is 2.78. The number of hydrogen-bond donors (Lipinski definition) is 1. The van der Waals surface area contributed by atoms with Crippen LogP contribution in [0.25, 0.3) is 0 Å². The van der Waals surface area contributed by atoms with Crippen LogP contribution in [-0.4, -0.2) is 34.7 Å². The number of carbonyl (C=O) groups excluding carboxylic acids is 1. The SMILES string of the molecule is CC(C)(C)OC(=O)N1CCC(c2cccnc2N)CC1. The first-order valence-electron chi connectivity index (χ1n) is 7.05. The molecule has 1 fully saturated rings. The summed E-state index contributed by atoms with van der Waals surface area (Å²) >= 11 is 0. The van der Waals surface area contributed by atoms with Crippen LogP contribution in [0.1, 0.15) is 45.1 Å². The Labute approximate surface area is 120 Å². The molecular formula is C15H23N3O2. The van der Waals surface area contributed by atoms with E-state index in [1.165, 1.54) is 0 Å². The summed E-state index contributed by atoms with van der Waals surface area (Å²) in [6, 6.07) is 3.93. The summed E-state index contributed by atoms with van der Waals surface area (Å²) in [6.07, 6.45) is 3.27. The fourth-order valence-corrected chi connectivity index (χ4v) is 2.47. The van der Waals surface area contributed by atoms with Crippen molar-refractivity contribution < 1.29 is 9.53 Å². The molecule has 0 radical (unpaired) electrons. The van der Waals surface area contributed by atoms with E-state index in [1.54, 1.807) is 11.1 Å². The molecular weight excluding hydrogens is 254 g/mol. The highest BCUT2D eigenvalue weighted by atomic mass is 16.6. The second-order valence-corrected chi connectivity index (χ2v) is 6.22. The quantitative estimate of drug-likeness (QED) is 0.857. The Hall–Kier alpha value is -1.78. The molecule has 5 nitrogen and oxygen atoms in total. The predicted molar refractivity (Wildman–Crippen MR) is 78.4 cm³/mol. The van der Waals surface area contributed by atoms with Gasteiger partial charge in [0.25, 0.3) is 0 Å². The minimum atomic E-state index is -0.443. The van der Waals surface area contributed by atoms with Gasteiger partial charge in [0.1, 0.15) is 11.4 Å². The molecule has 1 aromatic heterocycles. The van der Waals surface area contributed by atoms with Crippen molar-refractivity contribution in [2.24, 2.45) is 0 Å². The lowest BCUT2D eigenvalue weighted by atomic mass is 9.90. The van der Waals surface area contributed by atoms with E-state index in [9.17, 15) is 4.79 Å². The van der Waals surface area contributed by atoms with Crippen molar-refractivity contribution in [3.05, 3.63) is 23.9 Å². The highest BCUT2D eigenvalue weighted by Crippen LogP contribution is 2.31. The van der Waals surface area contributed by atoms with E-state index in [0.717, 1.165) is 18.4 Å². The standard InChI is InChI=1S/C15H23N3O2/c1-15(2,3)20-14(19)18-9-6-11(7-10-18)12-5-4-8-17-13(12)16/h4-5,8,11H,6-7,9-10H2,1-3H3,(H2,16,17). The summed E-state index contributed by atoms with van der Waals surface area (Å²) < 4.78 is 5.39. The van der Waals surface area contributed by atoms with Gasteiger partial charge in [-0.25, -0.2) is 9.78 Å². The van der Waals surface area contributed by atoms with Crippen LogP contribution in [0.2, 0.25) is 0 Å². The van der Waals surface area contributed by atoms with Crippen LogP contribution < -0.4 is 5.73 Å². The van der Waals surface area contributed by atoms with Gasteiger partial charge in [0, 0.05) is 19.3 Å². The number of pyridine rings is 1. The first kappa shape index (κ1) is 14.6. The van der Waals surface area contributed by atoms with Gasteiger partial charge >= 0.3 is 6.09 Å². The fourth-order valence-electron chi connectivity index (χ4n) is 2.47. The molecule has 1 aliphatic rings. The van der Waals surface area contributed by atoms with Crippen molar-refractivity contribution in [1.29, 1.82) is 0 Å². The summed E-state index contributed by atoms with van der Waals surface area (Å²) in [5, 5.41) is 0. The number of ether oxygens (including phenoxy) is 1. The Morgan fingerprint density at radius 3 is 2.60 bits per heavy atom. The molecule has 1 aromatic rings. The summed E-state index contributed by atoms with van der Waals surface area (Å²) in [5.74, 6) is 0.977. The van der Waals surface area contributed by atoms with Gasteiger partial charge in [-0.2, -0.15) is 0 Å². The van der Waals surface area contributed by atoms with Crippen LogP contribution in [0, 0.1) is 0 Å². The molecule has 1 aliphatic heterocycles. The van der Waals surface area contributed by atoms with Crippen LogP contribution in [-0.2, 0) is 4.74 Å². The van der Waals surface area contributed by atoms with Crippen LogP contribution in [0.5, 0.6) is 0 Å². The summed E-state index contributed by atoms with van der Waals surface area (Å²) in [6.45, 7) is 7.05. The van der Waals surface area contributed by atoms with Crippen LogP contribution >= 0.6 is 0 Å². The number of amides is 1. The highest BCUT2D eigenvalue weighted by Gasteiger charge is 2.28. The lowest BCUT2D eigenvalue weighted by molar-refractivity contribution is 0.0205. The lowest BCUT2D eigenvalue weighted by Crippen LogP contribution is -2.41. The number of hydrogen-bond acceptors (Lipinski definition) is 4. The third-order valence-electron chi connectivity index (χ3n) is 3.46. The van der Waals surface area contributed by atoms with Crippen molar-refractivity contribution in [1.82, 2.24) is 9.88 Å². The maximum atomic E-state index is 12.0. The zero-order chi connectivity index (χ0) is 14.8. The Morgan fingerprint density at radius 1 is 1.40 bits per heavy atom. The zero-order valence-corrected chi connectivity index (χ0v) is 12.4.